The van der Waals surface area contributed by atoms with Crippen molar-refractivity contribution >= 4 is 23.0 Å². The largest absolute Gasteiger partial charge is 0.349 e. The fourth-order valence-corrected chi connectivity index (χ4v) is 3.64. The summed E-state index contributed by atoms with van der Waals surface area (Å²) in [6.07, 6.45) is 0.669. The first kappa shape index (κ1) is 18.1. The number of nitrogens with one attached hydrogen (secondary N) is 2. The molecule has 0 aliphatic heterocycles. The molecular formula is C20H21N3O2S. The van der Waals surface area contributed by atoms with Crippen LogP contribution >= 0.6 is 11.3 Å². The minimum absolute atomic E-state index is 0.0279. The van der Waals surface area contributed by atoms with Crippen molar-refractivity contribution in [2.45, 2.75) is 33.2 Å². The molecule has 0 saturated carbocycles. The highest BCUT2D eigenvalue weighted by molar-refractivity contribution is 7.17. The van der Waals surface area contributed by atoms with Gasteiger partial charge in [-0.15, -0.1) is 11.3 Å². The van der Waals surface area contributed by atoms with Crippen molar-refractivity contribution in [1.82, 2.24) is 15.5 Å². The molecule has 0 saturated heterocycles. The molecule has 2 heterocycles. The van der Waals surface area contributed by atoms with E-state index in [4.69, 9.17) is 0 Å². The van der Waals surface area contributed by atoms with Gasteiger partial charge in [-0.05, 0) is 56.7 Å². The van der Waals surface area contributed by atoms with Crippen LogP contribution in [0, 0.1) is 6.92 Å². The minimum atomic E-state index is -0.116. The van der Waals surface area contributed by atoms with Crippen LogP contribution in [-0.2, 0) is 6.42 Å². The number of Topliss-reactive ketones (excluding diaryl/α,β-unsaturated/α-hetero) is 1. The van der Waals surface area contributed by atoms with Gasteiger partial charge >= 0.3 is 0 Å². The van der Waals surface area contributed by atoms with Crippen LogP contribution in [0.2, 0.25) is 0 Å². The van der Waals surface area contributed by atoms with Crippen molar-refractivity contribution in [1.29, 1.82) is 0 Å². The first-order valence-corrected chi connectivity index (χ1v) is 9.27. The molecule has 0 radical (unpaired) electrons. The number of aromatic nitrogens is 2. The quantitative estimate of drug-likeness (QED) is 0.647. The molecule has 0 fully saturated rings. The summed E-state index contributed by atoms with van der Waals surface area (Å²) in [5, 5.41) is 10.1. The zero-order chi connectivity index (χ0) is 18.7. The number of thiophene rings is 1. The standard InChI is InChI=1S/C20H21N3O2S/c1-12(9-17-10-13(2)22-23-17)21-20(25)16-6-4-5-15(11-16)19-8-7-18(26-19)14(3)24/h4-8,10-12H,9H2,1-3H3,(H,21,25)(H,22,23)/t12-/m0/s1. The van der Waals surface area contributed by atoms with E-state index in [2.05, 4.69) is 15.5 Å². The molecule has 3 aromatic rings. The van der Waals surface area contributed by atoms with Gasteiger partial charge in [0.2, 0.25) is 0 Å². The summed E-state index contributed by atoms with van der Waals surface area (Å²) < 4.78 is 0. The predicted molar refractivity (Wildman–Crippen MR) is 104 cm³/mol. The lowest BCUT2D eigenvalue weighted by Crippen LogP contribution is -2.34. The average Bonchev–Trinajstić information content (AvgIpc) is 3.24. The van der Waals surface area contributed by atoms with Crippen molar-refractivity contribution in [3.63, 3.8) is 0 Å². The third-order valence-electron chi connectivity index (χ3n) is 4.01. The number of ketones is 1. The topological polar surface area (TPSA) is 74.8 Å². The summed E-state index contributed by atoms with van der Waals surface area (Å²) in [6, 6.07) is 13.2. The number of benzene rings is 1. The van der Waals surface area contributed by atoms with Crippen molar-refractivity contribution in [3.05, 3.63) is 64.3 Å². The predicted octanol–water partition coefficient (Wildman–Crippen LogP) is 4.01. The highest BCUT2D eigenvalue weighted by Gasteiger charge is 2.13. The Balaban J connectivity index is 1.70. The number of aromatic amines is 1. The molecule has 5 nitrogen and oxygen atoms in total. The molecular weight excluding hydrogens is 346 g/mol. The van der Waals surface area contributed by atoms with Gasteiger partial charge in [0.05, 0.1) is 10.6 Å². The molecule has 1 aromatic carbocycles. The maximum Gasteiger partial charge on any atom is 0.251 e. The van der Waals surface area contributed by atoms with Gasteiger partial charge in [-0.1, -0.05) is 12.1 Å². The number of carbonyl (C=O) groups is 2. The molecule has 3 rings (SSSR count). The first-order chi connectivity index (χ1) is 12.4. The van der Waals surface area contributed by atoms with Crippen molar-refractivity contribution in [2.75, 3.05) is 0 Å². The van der Waals surface area contributed by atoms with E-state index in [1.54, 1.807) is 13.0 Å². The number of hydrogen-bond acceptors (Lipinski definition) is 4. The second kappa shape index (κ2) is 7.66. The van der Waals surface area contributed by atoms with Gasteiger partial charge in [-0.25, -0.2) is 0 Å². The van der Waals surface area contributed by atoms with Crippen LogP contribution in [0.1, 0.15) is 45.3 Å². The Kier molecular flexibility index (Phi) is 5.32. The van der Waals surface area contributed by atoms with E-state index in [1.807, 2.05) is 50.2 Å². The summed E-state index contributed by atoms with van der Waals surface area (Å²) in [5.74, 6) is -0.0625. The highest BCUT2D eigenvalue weighted by atomic mass is 32.1. The Labute approximate surface area is 156 Å². The van der Waals surface area contributed by atoms with Crippen LogP contribution in [0.25, 0.3) is 10.4 Å². The van der Waals surface area contributed by atoms with Gasteiger partial charge < -0.3 is 5.32 Å². The Morgan fingerprint density at radius 3 is 2.69 bits per heavy atom. The fraction of sp³-hybridized carbons (Fsp3) is 0.250. The Morgan fingerprint density at radius 2 is 2.04 bits per heavy atom. The molecule has 0 aliphatic rings. The zero-order valence-corrected chi connectivity index (χ0v) is 15.8. The van der Waals surface area contributed by atoms with Gasteiger partial charge in [0.25, 0.3) is 5.91 Å². The zero-order valence-electron chi connectivity index (χ0n) is 15.0. The summed E-state index contributed by atoms with van der Waals surface area (Å²) in [7, 11) is 0. The van der Waals surface area contributed by atoms with E-state index >= 15 is 0 Å². The SMILES string of the molecule is CC(=O)c1ccc(-c2cccc(C(=O)N[C@@H](C)Cc3cc(C)[nH]n3)c2)s1. The van der Waals surface area contributed by atoms with E-state index in [0.29, 0.717) is 12.0 Å². The van der Waals surface area contributed by atoms with Crippen LogP contribution in [-0.4, -0.2) is 27.9 Å². The number of amides is 1. The molecule has 0 aliphatic carbocycles. The second-order valence-corrected chi connectivity index (χ2v) is 7.51. The normalized spacial score (nSPS) is 12.0. The highest BCUT2D eigenvalue weighted by Crippen LogP contribution is 2.29. The molecule has 2 N–H and O–H groups in total. The van der Waals surface area contributed by atoms with E-state index in [9.17, 15) is 9.59 Å². The number of hydrogen-bond donors (Lipinski definition) is 2. The van der Waals surface area contributed by atoms with Gasteiger partial charge in [-0.3, -0.25) is 14.7 Å². The van der Waals surface area contributed by atoms with E-state index < -0.39 is 0 Å². The number of carbonyl (C=O) groups excluding carboxylic acids is 2. The molecule has 1 amide bonds. The van der Waals surface area contributed by atoms with E-state index in [1.165, 1.54) is 11.3 Å². The maximum atomic E-state index is 12.6. The number of nitrogens with zero attached hydrogens (tertiary/aromatic N) is 1. The van der Waals surface area contributed by atoms with Crippen LogP contribution in [0.15, 0.2) is 42.5 Å². The lowest BCUT2D eigenvalue weighted by Gasteiger charge is -2.13. The van der Waals surface area contributed by atoms with E-state index in [-0.39, 0.29) is 17.7 Å². The number of rotatable bonds is 6. The van der Waals surface area contributed by atoms with Crippen molar-refractivity contribution < 1.29 is 9.59 Å². The Morgan fingerprint density at radius 1 is 1.23 bits per heavy atom. The lowest BCUT2D eigenvalue weighted by molar-refractivity contribution is 0.0939. The molecule has 134 valence electrons. The number of H-pyrrole nitrogens is 1. The van der Waals surface area contributed by atoms with Gasteiger partial charge in [0, 0.05) is 28.6 Å². The molecule has 2 aromatic heterocycles. The van der Waals surface area contributed by atoms with Crippen LogP contribution in [0.3, 0.4) is 0 Å². The van der Waals surface area contributed by atoms with Gasteiger partial charge in [0.1, 0.15) is 0 Å². The lowest BCUT2D eigenvalue weighted by atomic mass is 10.1. The first-order valence-electron chi connectivity index (χ1n) is 8.45. The third kappa shape index (κ3) is 4.26. The van der Waals surface area contributed by atoms with Crippen LogP contribution < -0.4 is 5.32 Å². The third-order valence-corrected chi connectivity index (χ3v) is 5.25. The van der Waals surface area contributed by atoms with Gasteiger partial charge in [-0.2, -0.15) is 5.10 Å². The molecule has 0 spiro atoms. The number of aryl methyl sites for hydroxylation is 1. The molecule has 0 unspecified atom stereocenters. The van der Waals surface area contributed by atoms with Crippen LogP contribution in [0.5, 0.6) is 0 Å². The molecule has 26 heavy (non-hydrogen) atoms. The Hall–Kier alpha value is -2.73. The summed E-state index contributed by atoms with van der Waals surface area (Å²) in [4.78, 5) is 25.7. The van der Waals surface area contributed by atoms with E-state index in [0.717, 1.165) is 26.7 Å². The maximum absolute atomic E-state index is 12.6. The van der Waals surface area contributed by atoms with Gasteiger partial charge in [0.15, 0.2) is 5.78 Å². The monoisotopic (exact) mass is 367 g/mol. The molecule has 1 atom stereocenters. The Bertz CT molecular complexity index is 942. The molecule has 6 heteroatoms. The minimum Gasteiger partial charge on any atom is -0.349 e. The second-order valence-electron chi connectivity index (χ2n) is 6.42. The average molecular weight is 367 g/mol. The van der Waals surface area contributed by atoms with Crippen molar-refractivity contribution in [2.24, 2.45) is 0 Å². The van der Waals surface area contributed by atoms with Crippen LogP contribution in [0.4, 0.5) is 0 Å². The fourth-order valence-electron chi connectivity index (χ4n) is 2.75. The summed E-state index contributed by atoms with van der Waals surface area (Å²) >= 11 is 1.44. The van der Waals surface area contributed by atoms with Crippen molar-refractivity contribution in [3.8, 4) is 10.4 Å². The smallest absolute Gasteiger partial charge is 0.251 e. The molecule has 0 bridgehead atoms. The summed E-state index contributed by atoms with van der Waals surface area (Å²) in [5.41, 5.74) is 3.47. The summed E-state index contributed by atoms with van der Waals surface area (Å²) in [6.45, 7) is 5.47.